The molecule has 2 N–H and O–H groups in total. The number of aromatic carboxylic acids is 1. The molecule has 0 atom stereocenters. The summed E-state index contributed by atoms with van der Waals surface area (Å²) in [5.41, 5.74) is -0.941. The van der Waals surface area contributed by atoms with Crippen molar-refractivity contribution < 1.29 is 27.9 Å². The zero-order chi connectivity index (χ0) is 15.4. The van der Waals surface area contributed by atoms with Gasteiger partial charge in [0.25, 0.3) is 5.91 Å². The molecule has 8 nitrogen and oxygen atoms in total. The van der Waals surface area contributed by atoms with Gasteiger partial charge in [0.15, 0.2) is 0 Å². The minimum absolute atomic E-state index is 0.0278. The predicted molar refractivity (Wildman–Crippen MR) is 71.8 cm³/mol. The second kappa shape index (κ2) is 4.18. The molecule has 21 heavy (non-hydrogen) atoms. The summed E-state index contributed by atoms with van der Waals surface area (Å²) in [6.45, 7) is -0.115. The fourth-order valence-electron chi connectivity index (χ4n) is 2.31. The topological polar surface area (TPSA) is 113 Å². The second-order valence-electron chi connectivity index (χ2n) is 5.10. The van der Waals surface area contributed by atoms with Gasteiger partial charge in [-0.2, -0.15) is 4.31 Å². The fourth-order valence-corrected chi connectivity index (χ4v) is 3.19. The molecule has 1 aromatic carbocycles. The molecule has 0 saturated carbocycles. The highest BCUT2D eigenvalue weighted by molar-refractivity contribution is 7.88. The van der Waals surface area contributed by atoms with Crippen molar-refractivity contribution in [3.8, 4) is 5.75 Å². The summed E-state index contributed by atoms with van der Waals surface area (Å²) in [7, 11) is -3.36. The van der Waals surface area contributed by atoms with Crippen LogP contribution >= 0.6 is 0 Å². The number of anilines is 1. The zero-order valence-corrected chi connectivity index (χ0v) is 11.8. The van der Waals surface area contributed by atoms with Crippen LogP contribution in [0.25, 0.3) is 0 Å². The number of amides is 1. The van der Waals surface area contributed by atoms with Crippen molar-refractivity contribution in [1.82, 2.24) is 4.31 Å². The molecule has 0 aliphatic carbocycles. The fraction of sp³-hybridized carbons (Fsp3) is 0.333. The third-order valence-electron chi connectivity index (χ3n) is 3.53. The van der Waals surface area contributed by atoms with Gasteiger partial charge in [0, 0.05) is 0 Å². The van der Waals surface area contributed by atoms with Gasteiger partial charge in [-0.15, -0.1) is 0 Å². The van der Waals surface area contributed by atoms with E-state index in [1.165, 1.54) is 18.2 Å². The first-order valence-corrected chi connectivity index (χ1v) is 7.89. The van der Waals surface area contributed by atoms with Crippen molar-refractivity contribution in [1.29, 1.82) is 0 Å². The van der Waals surface area contributed by atoms with Gasteiger partial charge in [-0.1, -0.05) is 0 Å². The number of carboxylic acid groups (broad SMARTS) is 1. The Morgan fingerprint density at radius 3 is 2.67 bits per heavy atom. The number of fused-ring (bicyclic) bond motifs is 1. The Hall–Kier alpha value is -2.13. The van der Waals surface area contributed by atoms with Crippen LogP contribution in [-0.2, 0) is 14.8 Å². The van der Waals surface area contributed by atoms with Crippen LogP contribution in [0.5, 0.6) is 5.75 Å². The molecular weight excluding hydrogens is 300 g/mol. The molecule has 112 valence electrons. The maximum Gasteiger partial charge on any atom is 0.335 e. The van der Waals surface area contributed by atoms with E-state index in [1.807, 2.05) is 0 Å². The lowest BCUT2D eigenvalue weighted by molar-refractivity contribution is -0.142. The van der Waals surface area contributed by atoms with Crippen molar-refractivity contribution in [2.75, 3.05) is 24.7 Å². The Morgan fingerprint density at radius 2 is 2.10 bits per heavy atom. The largest absolute Gasteiger partial charge is 0.478 e. The van der Waals surface area contributed by atoms with Crippen LogP contribution in [0, 0.1) is 0 Å². The van der Waals surface area contributed by atoms with Gasteiger partial charge in [-0.05, 0) is 18.2 Å². The van der Waals surface area contributed by atoms with Crippen LogP contribution in [0.3, 0.4) is 0 Å². The standard InChI is InChI=1S/C12H12N2O6S/c1-21(18,19)14-5-12(6-14)11(17)13-8-4-7(10(15)16)2-3-9(8)20-12/h2-4H,5-6H2,1H3,(H,13,17)(H,15,16). The number of nitrogens with one attached hydrogen (secondary N) is 1. The summed E-state index contributed by atoms with van der Waals surface area (Å²) >= 11 is 0. The molecule has 0 bridgehead atoms. The van der Waals surface area contributed by atoms with Gasteiger partial charge in [-0.25, -0.2) is 13.2 Å². The van der Waals surface area contributed by atoms with Crippen LogP contribution in [0.2, 0.25) is 0 Å². The number of nitrogens with zero attached hydrogens (tertiary/aromatic N) is 1. The van der Waals surface area contributed by atoms with E-state index in [-0.39, 0.29) is 24.3 Å². The number of carbonyl (C=O) groups is 2. The predicted octanol–water partition coefficient (Wildman–Crippen LogP) is -0.270. The Bertz CT molecular complexity index is 751. The Kier molecular flexibility index (Phi) is 2.76. The van der Waals surface area contributed by atoms with Crippen molar-refractivity contribution >= 4 is 27.6 Å². The van der Waals surface area contributed by atoms with Crippen molar-refractivity contribution in [3.05, 3.63) is 23.8 Å². The summed E-state index contributed by atoms with van der Waals surface area (Å²) in [5.74, 6) is -1.26. The second-order valence-corrected chi connectivity index (χ2v) is 7.08. The monoisotopic (exact) mass is 312 g/mol. The Labute approximate surface area is 120 Å². The number of carboxylic acids is 1. The average Bonchev–Trinajstić information content (AvgIpc) is 2.33. The van der Waals surface area contributed by atoms with E-state index in [0.29, 0.717) is 5.75 Å². The number of carbonyl (C=O) groups excluding carboxylic acids is 1. The van der Waals surface area contributed by atoms with E-state index >= 15 is 0 Å². The summed E-state index contributed by atoms with van der Waals surface area (Å²) in [6.07, 6.45) is 1.06. The molecule has 2 aliphatic heterocycles. The molecule has 1 fully saturated rings. The summed E-state index contributed by atoms with van der Waals surface area (Å²) in [4.78, 5) is 23.0. The number of benzene rings is 1. The van der Waals surface area contributed by atoms with Gasteiger partial charge in [0.2, 0.25) is 15.6 Å². The normalized spacial score (nSPS) is 20.1. The highest BCUT2D eigenvalue weighted by Crippen LogP contribution is 2.39. The van der Waals surface area contributed by atoms with Crippen molar-refractivity contribution in [3.63, 3.8) is 0 Å². The van der Waals surface area contributed by atoms with Gasteiger partial charge in [0.1, 0.15) is 5.75 Å². The minimum Gasteiger partial charge on any atom is -0.478 e. The van der Waals surface area contributed by atoms with Crippen LogP contribution < -0.4 is 10.1 Å². The van der Waals surface area contributed by atoms with Crippen LogP contribution in [0.15, 0.2) is 18.2 Å². The molecule has 9 heteroatoms. The third-order valence-corrected chi connectivity index (χ3v) is 4.72. The lowest BCUT2D eigenvalue weighted by atomic mass is 9.93. The van der Waals surface area contributed by atoms with Crippen LogP contribution in [-0.4, -0.2) is 54.7 Å². The average molecular weight is 312 g/mol. The number of rotatable bonds is 2. The van der Waals surface area contributed by atoms with E-state index in [0.717, 1.165) is 10.6 Å². The molecule has 2 aliphatic rings. The van der Waals surface area contributed by atoms with Crippen LogP contribution in [0.4, 0.5) is 5.69 Å². The Morgan fingerprint density at radius 1 is 1.43 bits per heavy atom. The molecule has 1 amide bonds. The van der Waals surface area contributed by atoms with Gasteiger partial charge >= 0.3 is 5.97 Å². The molecule has 0 radical (unpaired) electrons. The highest BCUT2D eigenvalue weighted by Gasteiger charge is 2.56. The maximum absolute atomic E-state index is 12.1. The number of ether oxygens (including phenoxy) is 1. The summed E-state index contributed by atoms with van der Waals surface area (Å²) in [6, 6.07) is 4.11. The highest BCUT2D eigenvalue weighted by atomic mass is 32.2. The van der Waals surface area contributed by atoms with E-state index in [2.05, 4.69) is 5.32 Å². The zero-order valence-electron chi connectivity index (χ0n) is 11.0. The minimum atomic E-state index is -3.36. The lowest BCUT2D eigenvalue weighted by Crippen LogP contribution is -2.72. The number of hydrogen-bond donors (Lipinski definition) is 2. The summed E-state index contributed by atoms with van der Waals surface area (Å²) < 4.78 is 29.5. The number of sulfonamides is 1. The first kappa shape index (κ1) is 13.8. The maximum atomic E-state index is 12.1. The lowest BCUT2D eigenvalue weighted by Gasteiger charge is -2.48. The molecule has 3 rings (SSSR count). The van der Waals surface area contributed by atoms with E-state index in [1.54, 1.807) is 0 Å². The van der Waals surface area contributed by atoms with E-state index in [9.17, 15) is 18.0 Å². The third kappa shape index (κ3) is 2.14. The molecule has 1 saturated heterocycles. The Balaban J connectivity index is 1.88. The molecular formula is C12H12N2O6S. The number of hydrogen-bond acceptors (Lipinski definition) is 5. The smallest absolute Gasteiger partial charge is 0.335 e. The van der Waals surface area contributed by atoms with Gasteiger partial charge in [0.05, 0.1) is 30.6 Å². The first-order chi connectivity index (χ1) is 9.71. The van der Waals surface area contributed by atoms with E-state index < -0.39 is 27.5 Å². The quantitative estimate of drug-likeness (QED) is 0.777. The molecule has 1 spiro atoms. The SMILES string of the molecule is CS(=O)(=O)N1CC2(C1)Oc1ccc(C(=O)O)cc1NC2=O. The van der Waals surface area contributed by atoms with Gasteiger partial charge < -0.3 is 15.2 Å². The van der Waals surface area contributed by atoms with Gasteiger partial charge in [-0.3, -0.25) is 4.79 Å². The van der Waals surface area contributed by atoms with Crippen LogP contribution in [0.1, 0.15) is 10.4 Å². The molecule has 1 aromatic rings. The summed E-state index contributed by atoms with van der Waals surface area (Å²) in [5, 5.41) is 11.5. The van der Waals surface area contributed by atoms with Crippen molar-refractivity contribution in [2.24, 2.45) is 0 Å². The van der Waals surface area contributed by atoms with E-state index in [4.69, 9.17) is 9.84 Å². The molecule has 0 aromatic heterocycles. The van der Waals surface area contributed by atoms with Crippen molar-refractivity contribution in [2.45, 2.75) is 5.60 Å². The molecule has 2 heterocycles. The first-order valence-electron chi connectivity index (χ1n) is 6.04. The molecule has 0 unspecified atom stereocenters.